The fourth-order valence-electron chi connectivity index (χ4n) is 2.10. The molecule has 0 aromatic carbocycles. The molecule has 1 aliphatic heterocycles. The van der Waals surface area contributed by atoms with Gasteiger partial charge in [0.05, 0.1) is 12.3 Å². The summed E-state index contributed by atoms with van der Waals surface area (Å²) in [6.45, 7) is 5.22. The number of hydrogen-bond acceptors (Lipinski definition) is 4. The van der Waals surface area contributed by atoms with Crippen molar-refractivity contribution < 1.29 is 9.84 Å². The van der Waals surface area contributed by atoms with Crippen molar-refractivity contribution in [1.82, 2.24) is 10.3 Å². The molecule has 0 bridgehead atoms. The summed E-state index contributed by atoms with van der Waals surface area (Å²) < 4.78 is 5.42. The van der Waals surface area contributed by atoms with Crippen LogP contribution in [0.25, 0.3) is 0 Å². The molecule has 1 aromatic rings. The van der Waals surface area contributed by atoms with Gasteiger partial charge in [-0.3, -0.25) is 4.98 Å². The van der Waals surface area contributed by atoms with E-state index >= 15 is 0 Å². The van der Waals surface area contributed by atoms with Crippen LogP contribution >= 0.6 is 0 Å². The summed E-state index contributed by atoms with van der Waals surface area (Å²) in [5.41, 5.74) is 1.65. The van der Waals surface area contributed by atoms with Crippen LogP contribution in [-0.4, -0.2) is 29.8 Å². The van der Waals surface area contributed by atoms with Gasteiger partial charge in [0.15, 0.2) is 0 Å². The Morgan fingerprint density at radius 3 is 3.18 bits per heavy atom. The van der Waals surface area contributed by atoms with E-state index in [0.717, 1.165) is 37.6 Å². The highest BCUT2D eigenvalue weighted by Gasteiger charge is 2.13. The molecule has 17 heavy (non-hydrogen) atoms. The molecule has 1 atom stereocenters. The van der Waals surface area contributed by atoms with E-state index in [1.807, 2.05) is 13.0 Å². The Labute approximate surface area is 102 Å². The number of aryl methyl sites for hydroxylation is 1. The first-order valence-corrected chi connectivity index (χ1v) is 6.19. The Bertz CT molecular complexity index is 362. The summed E-state index contributed by atoms with van der Waals surface area (Å²) in [6.07, 6.45) is 2.38. The van der Waals surface area contributed by atoms with Crippen molar-refractivity contribution in [2.75, 3.05) is 19.8 Å². The van der Waals surface area contributed by atoms with Gasteiger partial charge in [-0.25, -0.2) is 0 Å². The smallest absolute Gasteiger partial charge is 0.138 e. The van der Waals surface area contributed by atoms with E-state index in [4.69, 9.17) is 4.74 Å². The van der Waals surface area contributed by atoms with Crippen LogP contribution in [0.4, 0.5) is 0 Å². The molecule has 4 nitrogen and oxygen atoms in total. The van der Waals surface area contributed by atoms with Gasteiger partial charge in [-0.2, -0.15) is 0 Å². The first-order chi connectivity index (χ1) is 8.25. The molecule has 0 aliphatic carbocycles. The SMILES string of the molecule is Cc1ccc(O)c(CNC[C@@H]2CCCOC2)n1. The lowest BCUT2D eigenvalue weighted by atomic mass is 10.0. The second-order valence-electron chi connectivity index (χ2n) is 4.63. The Kier molecular flexibility index (Phi) is 4.34. The minimum atomic E-state index is 0.267. The average molecular weight is 236 g/mol. The van der Waals surface area contributed by atoms with Crippen molar-refractivity contribution in [3.8, 4) is 5.75 Å². The van der Waals surface area contributed by atoms with E-state index < -0.39 is 0 Å². The van der Waals surface area contributed by atoms with E-state index in [2.05, 4.69) is 10.3 Å². The van der Waals surface area contributed by atoms with Crippen LogP contribution in [-0.2, 0) is 11.3 Å². The van der Waals surface area contributed by atoms with Gasteiger partial charge in [0.2, 0.25) is 0 Å². The standard InChI is InChI=1S/C13H20N2O2/c1-10-4-5-13(16)12(15-10)8-14-7-11-3-2-6-17-9-11/h4-5,11,14,16H,2-3,6-9H2,1H3/t11-/m0/s1. The predicted molar refractivity (Wildman–Crippen MR) is 65.9 cm³/mol. The van der Waals surface area contributed by atoms with Crippen molar-refractivity contribution in [3.05, 3.63) is 23.5 Å². The number of aromatic nitrogens is 1. The Morgan fingerprint density at radius 2 is 2.41 bits per heavy atom. The van der Waals surface area contributed by atoms with Gasteiger partial charge >= 0.3 is 0 Å². The van der Waals surface area contributed by atoms with Crippen molar-refractivity contribution in [2.24, 2.45) is 5.92 Å². The first-order valence-electron chi connectivity index (χ1n) is 6.19. The summed E-state index contributed by atoms with van der Waals surface area (Å²) in [4.78, 5) is 4.31. The molecule has 0 amide bonds. The van der Waals surface area contributed by atoms with E-state index in [0.29, 0.717) is 12.5 Å². The predicted octanol–water partition coefficient (Wildman–Crippen LogP) is 1.61. The number of aromatic hydroxyl groups is 1. The van der Waals surface area contributed by atoms with Crippen LogP contribution < -0.4 is 5.32 Å². The Morgan fingerprint density at radius 1 is 1.53 bits per heavy atom. The summed E-state index contributed by atoms with van der Waals surface area (Å²) in [6, 6.07) is 3.51. The van der Waals surface area contributed by atoms with Gasteiger partial charge < -0.3 is 15.2 Å². The normalized spacial score (nSPS) is 20.4. The fraction of sp³-hybridized carbons (Fsp3) is 0.615. The zero-order chi connectivity index (χ0) is 12.1. The zero-order valence-electron chi connectivity index (χ0n) is 10.3. The number of hydrogen-bond donors (Lipinski definition) is 2. The van der Waals surface area contributed by atoms with E-state index in [-0.39, 0.29) is 5.75 Å². The van der Waals surface area contributed by atoms with Crippen LogP contribution in [0.2, 0.25) is 0 Å². The maximum Gasteiger partial charge on any atom is 0.138 e. The lowest BCUT2D eigenvalue weighted by Crippen LogP contribution is -2.29. The second kappa shape index (κ2) is 5.98. The minimum Gasteiger partial charge on any atom is -0.506 e. The summed E-state index contributed by atoms with van der Waals surface area (Å²) in [5.74, 6) is 0.860. The van der Waals surface area contributed by atoms with E-state index in [1.165, 1.54) is 6.42 Å². The monoisotopic (exact) mass is 236 g/mol. The van der Waals surface area contributed by atoms with Gasteiger partial charge in [-0.05, 0) is 37.8 Å². The maximum absolute atomic E-state index is 9.64. The summed E-state index contributed by atoms with van der Waals surface area (Å²) in [7, 11) is 0. The quantitative estimate of drug-likeness (QED) is 0.834. The number of nitrogens with zero attached hydrogens (tertiary/aromatic N) is 1. The van der Waals surface area contributed by atoms with Gasteiger partial charge in [-0.1, -0.05) is 0 Å². The highest BCUT2D eigenvalue weighted by molar-refractivity contribution is 5.27. The molecule has 0 spiro atoms. The van der Waals surface area contributed by atoms with E-state index in [9.17, 15) is 5.11 Å². The molecular weight excluding hydrogens is 216 g/mol. The molecule has 2 rings (SSSR count). The average Bonchev–Trinajstić information content (AvgIpc) is 2.35. The molecule has 0 unspecified atom stereocenters. The molecular formula is C13H20N2O2. The topological polar surface area (TPSA) is 54.4 Å². The van der Waals surface area contributed by atoms with Crippen LogP contribution in [0.15, 0.2) is 12.1 Å². The zero-order valence-corrected chi connectivity index (χ0v) is 10.3. The lowest BCUT2D eigenvalue weighted by Gasteiger charge is -2.22. The molecule has 0 saturated carbocycles. The largest absolute Gasteiger partial charge is 0.506 e. The third-order valence-corrected chi connectivity index (χ3v) is 3.07. The maximum atomic E-state index is 9.64. The molecule has 2 N–H and O–H groups in total. The molecule has 2 heterocycles. The second-order valence-corrected chi connectivity index (χ2v) is 4.63. The van der Waals surface area contributed by atoms with Crippen molar-refractivity contribution in [3.63, 3.8) is 0 Å². The summed E-state index contributed by atoms with van der Waals surface area (Å²) >= 11 is 0. The van der Waals surface area contributed by atoms with Crippen molar-refractivity contribution in [1.29, 1.82) is 0 Å². The molecule has 1 saturated heterocycles. The minimum absolute atomic E-state index is 0.267. The number of rotatable bonds is 4. The van der Waals surface area contributed by atoms with Gasteiger partial charge in [0.25, 0.3) is 0 Å². The highest BCUT2D eigenvalue weighted by atomic mass is 16.5. The number of ether oxygens (including phenoxy) is 1. The van der Waals surface area contributed by atoms with Crippen molar-refractivity contribution >= 4 is 0 Å². The van der Waals surface area contributed by atoms with Crippen LogP contribution in [0.1, 0.15) is 24.2 Å². The number of nitrogens with one attached hydrogen (secondary N) is 1. The fourth-order valence-corrected chi connectivity index (χ4v) is 2.10. The van der Waals surface area contributed by atoms with Crippen molar-refractivity contribution in [2.45, 2.75) is 26.3 Å². The molecule has 0 radical (unpaired) electrons. The molecule has 1 fully saturated rings. The van der Waals surface area contributed by atoms with Crippen LogP contribution in [0.5, 0.6) is 5.75 Å². The summed E-state index contributed by atoms with van der Waals surface area (Å²) in [5, 5.41) is 13.0. The Hall–Kier alpha value is -1.13. The molecule has 1 aromatic heterocycles. The molecule has 4 heteroatoms. The molecule has 94 valence electrons. The van der Waals surface area contributed by atoms with Crippen LogP contribution in [0, 0.1) is 12.8 Å². The third-order valence-electron chi connectivity index (χ3n) is 3.07. The van der Waals surface area contributed by atoms with Crippen LogP contribution in [0.3, 0.4) is 0 Å². The van der Waals surface area contributed by atoms with Gasteiger partial charge in [-0.15, -0.1) is 0 Å². The third kappa shape index (κ3) is 3.68. The van der Waals surface area contributed by atoms with Gasteiger partial charge in [0.1, 0.15) is 5.75 Å². The number of pyridine rings is 1. The molecule has 1 aliphatic rings. The van der Waals surface area contributed by atoms with Gasteiger partial charge in [0, 0.05) is 25.4 Å². The highest BCUT2D eigenvalue weighted by Crippen LogP contribution is 2.15. The van der Waals surface area contributed by atoms with E-state index in [1.54, 1.807) is 6.07 Å². The Balaban J connectivity index is 1.79. The first kappa shape index (κ1) is 12.3. The lowest BCUT2D eigenvalue weighted by molar-refractivity contribution is 0.0547.